The van der Waals surface area contributed by atoms with Gasteiger partial charge < -0.3 is 4.74 Å². The molecule has 0 unspecified atom stereocenters. The van der Waals surface area contributed by atoms with E-state index < -0.39 is 11.7 Å². The van der Waals surface area contributed by atoms with Gasteiger partial charge in [-0.25, -0.2) is 9.37 Å². The summed E-state index contributed by atoms with van der Waals surface area (Å²) in [5.41, 5.74) is 3.20. The molecule has 0 saturated carbocycles. The maximum Gasteiger partial charge on any atom is 0.417 e. The van der Waals surface area contributed by atoms with Crippen LogP contribution in [0.3, 0.4) is 0 Å². The van der Waals surface area contributed by atoms with E-state index in [-0.39, 0.29) is 18.2 Å². The highest BCUT2D eigenvalue weighted by atomic mass is 19.4. The van der Waals surface area contributed by atoms with E-state index in [1.54, 1.807) is 36.4 Å². The molecule has 3 rings (SSSR count). The summed E-state index contributed by atoms with van der Waals surface area (Å²) in [4.78, 5) is 3.68. The van der Waals surface area contributed by atoms with Gasteiger partial charge in [0.1, 0.15) is 24.0 Å². The zero-order valence-corrected chi connectivity index (χ0v) is 14.4. The van der Waals surface area contributed by atoms with Crippen LogP contribution >= 0.6 is 0 Å². The first-order valence-corrected chi connectivity index (χ1v) is 8.20. The molecule has 28 heavy (non-hydrogen) atoms. The van der Waals surface area contributed by atoms with Gasteiger partial charge in [-0.2, -0.15) is 18.3 Å². The summed E-state index contributed by atoms with van der Waals surface area (Å²) in [6.45, 7) is 0.249. The number of para-hydroxylation sites is 1. The number of halogens is 4. The number of hydrogen-bond acceptors (Lipinski definition) is 4. The maximum absolute atomic E-state index is 12.9. The summed E-state index contributed by atoms with van der Waals surface area (Å²) in [5.74, 6) is 0.408. The van der Waals surface area contributed by atoms with Crippen LogP contribution in [0.2, 0.25) is 0 Å². The molecule has 8 heteroatoms. The molecule has 0 saturated heterocycles. The van der Waals surface area contributed by atoms with Crippen molar-refractivity contribution in [3.05, 3.63) is 89.4 Å². The lowest BCUT2D eigenvalue weighted by Gasteiger charge is -2.09. The highest BCUT2D eigenvalue weighted by molar-refractivity contribution is 5.83. The number of alkyl halides is 3. The number of anilines is 1. The van der Waals surface area contributed by atoms with E-state index in [1.807, 2.05) is 0 Å². The zero-order valence-electron chi connectivity index (χ0n) is 14.4. The second-order valence-electron chi connectivity index (χ2n) is 5.75. The Bertz CT molecular complexity index is 939. The van der Waals surface area contributed by atoms with Crippen LogP contribution in [0.5, 0.6) is 5.75 Å². The van der Waals surface area contributed by atoms with Crippen LogP contribution in [0.1, 0.15) is 16.7 Å². The molecule has 144 valence electrons. The Hall–Kier alpha value is -3.42. The summed E-state index contributed by atoms with van der Waals surface area (Å²) >= 11 is 0. The smallest absolute Gasteiger partial charge is 0.417 e. The van der Waals surface area contributed by atoms with Crippen LogP contribution < -0.4 is 10.2 Å². The highest BCUT2D eigenvalue weighted by Crippen LogP contribution is 2.28. The molecule has 1 heterocycles. The zero-order chi connectivity index (χ0) is 20.0. The molecule has 2 aromatic carbocycles. The van der Waals surface area contributed by atoms with E-state index in [0.29, 0.717) is 11.3 Å². The molecule has 0 aliphatic carbocycles. The van der Waals surface area contributed by atoms with E-state index >= 15 is 0 Å². The van der Waals surface area contributed by atoms with Crippen molar-refractivity contribution in [3.8, 4) is 5.75 Å². The van der Waals surface area contributed by atoms with Crippen molar-refractivity contribution in [2.45, 2.75) is 12.8 Å². The van der Waals surface area contributed by atoms with Crippen LogP contribution in [-0.4, -0.2) is 11.2 Å². The fourth-order valence-electron chi connectivity index (χ4n) is 2.26. The number of benzene rings is 2. The largest absolute Gasteiger partial charge is 0.488 e. The predicted molar refractivity (Wildman–Crippen MR) is 97.6 cm³/mol. The van der Waals surface area contributed by atoms with Gasteiger partial charge in [0.15, 0.2) is 0 Å². The van der Waals surface area contributed by atoms with Crippen LogP contribution in [0.15, 0.2) is 72.0 Å². The third-order valence-electron chi connectivity index (χ3n) is 3.70. The number of pyridine rings is 1. The van der Waals surface area contributed by atoms with Gasteiger partial charge in [-0.05, 0) is 42.0 Å². The van der Waals surface area contributed by atoms with Crippen LogP contribution in [0.4, 0.5) is 23.4 Å². The van der Waals surface area contributed by atoms with E-state index in [0.717, 1.165) is 17.8 Å². The fraction of sp³-hybridized carbons (Fsp3) is 0.100. The lowest BCUT2D eigenvalue weighted by molar-refractivity contribution is -0.137. The second-order valence-corrected chi connectivity index (χ2v) is 5.75. The number of nitrogens with one attached hydrogen (secondary N) is 1. The van der Waals surface area contributed by atoms with E-state index in [1.165, 1.54) is 24.4 Å². The van der Waals surface area contributed by atoms with Crippen LogP contribution in [0.25, 0.3) is 0 Å². The molecular weight excluding hydrogens is 374 g/mol. The van der Waals surface area contributed by atoms with Crippen LogP contribution in [-0.2, 0) is 12.8 Å². The lowest BCUT2D eigenvalue weighted by Crippen LogP contribution is -2.05. The average Bonchev–Trinajstić information content (AvgIpc) is 2.68. The number of hydrazone groups is 1. The summed E-state index contributed by atoms with van der Waals surface area (Å²) in [6, 6.07) is 15.2. The topological polar surface area (TPSA) is 46.5 Å². The van der Waals surface area contributed by atoms with E-state index in [4.69, 9.17) is 4.74 Å². The van der Waals surface area contributed by atoms with Gasteiger partial charge in [0.05, 0.1) is 11.8 Å². The number of nitrogens with zero attached hydrogens (tertiary/aromatic N) is 2. The highest BCUT2D eigenvalue weighted by Gasteiger charge is 2.30. The predicted octanol–water partition coefficient (Wildman–Crippen LogP) is 5.26. The summed E-state index contributed by atoms with van der Waals surface area (Å²) in [5, 5.41) is 3.98. The molecule has 1 aromatic heterocycles. The monoisotopic (exact) mass is 389 g/mol. The van der Waals surface area contributed by atoms with Gasteiger partial charge in [-0.1, -0.05) is 24.3 Å². The van der Waals surface area contributed by atoms with Gasteiger partial charge in [-0.3, -0.25) is 5.43 Å². The Morgan fingerprint density at radius 2 is 1.75 bits per heavy atom. The van der Waals surface area contributed by atoms with Crippen molar-refractivity contribution in [2.75, 3.05) is 5.43 Å². The Kier molecular flexibility index (Phi) is 5.88. The second kappa shape index (κ2) is 8.51. The molecule has 0 radical (unpaired) electrons. The van der Waals surface area contributed by atoms with Crippen molar-refractivity contribution >= 4 is 12.0 Å². The SMILES string of the molecule is Fc1ccc(COc2ccccc2/C=N\Nc2ccc(C(F)(F)F)cn2)cc1. The maximum atomic E-state index is 12.9. The molecule has 0 fully saturated rings. The van der Waals surface area contributed by atoms with Gasteiger partial charge in [-0.15, -0.1) is 0 Å². The van der Waals surface area contributed by atoms with Crippen molar-refractivity contribution < 1.29 is 22.3 Å². The molecule has 0 amide bonds. The van der Waals surface area contributed by atoms with Crippen molar-refractivity contribution in [2.24, 2.45) is 5.10 Å². The normalized spacial score (nSPS) is 11.6. The number of rotatable bonds is 6. The third kappa shape index (κ3) is 5.29. The Morgan fingerprint density at radius 3 is 2.43 bits per heavy atom. The van der Waals surface area contributed by atoms with Crippen molar-refractivity contribution in [1.29, 1.82) is 0 Å². The molecule has 3 aromatic rings. The van der Waals surface area contributed by atoms with Crippen molar-refractivity contribution in [1.82, 2.24) is 4.98 Å². The summed E-state index contributed by atoms with van der Waals surface area (Å²) in [6.07, 6.45) is -2.23. The molecule has 0 aliphatic rings. The molecule has 0 atom stereocenters. The Labute approximate surface area is 158 Å². The van der Waals surface area contributed by atoms with Gasteiger partial charge >= 0.3 is 6.18 Å². The fourth-order valence-corrected chi connectivity index (χ4v) is 2.26. The molecule has 0 bridgehead atoms. The quantitative estimate of drug-likeness (QED) is 0.355. The number of ether oxygens (including phenoxy) is 1. The summed E-state index contributed by atoms with van der Waals surface area (Å²) < 4.78 is 56.3. The minimum atomic E-state index is -4.43. The lowest BCUT2D eigenvalue weighted by atomic mass is 10.2. The Balaban J connectivity index is 1.63. The van der Waals surface area contributed by atoms with Crippen molar-refractivity contribution in [3.63, 3.8) is 0 Å². The number of aromatic nitrogens is 1. The molecule has 1 N–H and O–H groups in total. The van der Waals surface area contributed by atoms with E-state index in [2.05, 4.69) is 15.5 Å². The van der Waals surface area contributed by atoms with Gasteiger partial charge in [0, 0.05) is 11.8 Å². The van der Waals surface area contributed by atoms with Gasteiger partial charge in [0.2, 0.25) is 0 Å². The average molecular weight is 389 g/mol. The number of hydrogen-bond donors (Lipinski definition) is 1. The summed E-state index contributed by atoms with van der Waals surface area (Å²) in [7, 11) is 0. The molecular formula is C20H15F4N3O. The minimum absolute atomic E-state index is 0.175. The van der Waals surface area contributed by atoms with Crippen LogP contribution in [0, 0.1) is 5.82 Å². The van der Waals surface area contributed by atoms with E-state index in [9.17, 15) is 17.6 Å². The van der Waals surface area contributed by atoms with Gasteiger partial charge in [0.25, 0.3) is 0 Å². The molecule has 4 nitrogen and oxygen atoms in total. The first-order chi connectivity index (χ1) is 13.4. The molecule has 0 spiro atoms. The first kappa shape index (κ1) is 19.3. The first-order valence-electron chi connectivity index (χ1n) is 8.20. The third-order valence-corrected chi connectivity index (χ3v) is 3.70. The Morgan fingerprint density at radius 1 is 1.00 bits per heavy atom. The minimum Gasteiger partial charge on any atom is -0.488 e. The molecule has 0 aliphatic heterocycles. The standard InChI is InChI=1S/C20H15F4N3O/c21-17-8-5-14(6-9-17)13-28-18-4-2-1-3-15(18)11-26-27-19-10-7-16(12-25-19)20(22,23)24/h1-12H,13H2,(H,25,27)/b26-11-.